The average molecular weight is 464 g/mol. The Balaban J connectivity index is 1.66. The molecule has 0 radical (unpaired) electrons. The number of nitrogens with zero attached hydrogens (tertiary/aromatic N) is 2. The van der Waals surface area contributed by atoms with Crippen molar-refractivity contribution in [3.05, 3.63) is 65.3 Å². The van der Waals surface area contributed by atoms with Crippen LogP contribution in [0.25, 0.3) is 21.3 Å². The number of rotatable bonds is 4. The third-order valence-corrected chi connectivity index (χ3v) is 5.47. The largest absolute Gasteiger partial charge is 0.437 e. The van der Waals surface area contributed by atoms with E-state index < -0.39 is 11.7 Å². The van der Waals surface area contributed by atoms with E-state index in [0.717, 1.165) is 16.8 Å². The van der Waals surface area contributed by atoms with Crippen LogP contribution in [-0.2, 0) is 11.0 Å². The number of carbonyl (C=O) groups is 1. The molecule has 0 aliphatic carbocycles. The van der Waals surface area contributed by atoms with Gasteiger partial charge in [0.05, 0.1) is 21.5 Å². The number of alkyl halides is 3. The second-order valence-electron chi connectivity index (χ2n) is 6.48. The first kappa shape index (κ1) is 21.1. The molecular formula is C21H13ClF3N3O2S. The minimum absolute atomic E-state index is 0.195. The van der Waals surface area contributed by atoms with Gasteiger partial charge in [-0.05, 0) is 29.8 Å². The minimum atomic E-state index is -4.42. The van der Waals surface area contributed by atoms with E-state index in [9.17, 15) is 18.0 Å². The molecule has 0 atom stereocenters. The Morgan fingerprint density at radius 3 is 2.58 bits per heavy atom. The van der Waals surface area contributed by atoms with E-state index >= 15 is 0 Å². The third-order valence-electron chi connectivity index (χ3n) is 4.23. The molecule has 0 bridgehead atoms. The van der Waals surface area contributed by atoms with Crippen molar-refractivity contribution in [3.63, 3.8) is 0 Å². The van der Waals surface area contributed by atoms with Gasteiger partial charge in [0.15, 0.2) is 10.9 Å². The molecule has 2 aromatic carbocycles. The molecule has 0 saturated carbocycles. The predicted molar refractivity (Wildman–Crippen MR) is 114 cm³/mol. The van der Waals surface area contributed by atoms with Gasteiger partial charge in [0, 0.05) is 18.6 Å². The zero-order valence-electron chi connectivity index (χ0n) is 15.8. The summed E-state index contributed by atoms with van der Waals surface area (Å²) in [6.07, 6.45) is -3.05. The van der Waals surface area contributed by atoms with Gasteiger partial charge in [0.1, 0.15) is 5.52 Å². The van der Waals surface area contributed by atoms with Crippen molar-refractivity contribution in [3.8, 4) is 22.8 Å². The van der Waals surface area contributed by atoms with E-state index in [4.69, 9.17) is 16.3 Å². The fourth-order valence-corrected chi connectivity index (χ4v) is 4.00. The molecule has 2 heterocycles. The maximum absolute atomic E-state index is 12.8. The number of benzene rings is 2. The zero-order chi connectivity index (χ0) is 22.2. The van der Waals surface area contributed by atoms with Gasteiger partial charge >= 0.3 is 6.18 Å². The molecule has 0 spiro atoms. The molecule has 0 fully saturated rings. The van der Waals surface area contributed by atoms with Crippen LogP contribution in [0.4, 0.5) is 18.3 Å². The summed E-state index contributed by atoms with van der Waals surface area (Å²) in [5, 5.41) is 3.35. The van der Waals surface area contributed by atoms with E-state index in [1.54, 1.807) is 18.2 Å². The average Bonchev–Trinajstić information content (AvgIpc) is 3.11. The monoisotopic (exact) mass is 463 g/mol. The van der Waals surface area contributed by atoms with E-state index in [0.29, 0.717) is 27.5 Å². The Morgan fingerprint density at radius 2 is 1.90 bits per heavy atom. The molecule has 10 heteroatoms. The van der Waals surface area contributed by atoms with Crippen LogP contribution in [0.1, 0.15) is 12.5 Å². The van der Waals surface area contributed by atoms with Gasteiger partial charge in [0.25, 0.3) is 0 Å². The molecule has 0 saturated heterocycles. The number of aromatic nitrogens is 2. The summed E-state index contributed by atoms with van der Waals surface area (Å²) in [6.45, 7) is 1.39. The Morgan fingerprint density at radius 1 is 1.16 bits per heavy atom. The van der Waals surface area contributed by atoms with Crippen molar-refractivity contribution in [1.29, 1.82) is 0 Å². The summed E-state index contributed by atoms with van der Waals surface area (Å²) >= 11 is 7.52. The first-order valence-corrected chi connectivity index (χ1v) is 10.1. The molecule has 31 heavy (non-hydrogen) atoms. The van der Waals surface area contributed by atoms with E-state index in [1.807, 2.05) is 6.07 Å². The summed E-state index contributed by atoms with van der Waals surface area (Å²) < 4.78 is 45.2. The van der Waals surface area contributed by atoms with Crippen molar-refractivity contribution < 1.29 is 22.7 Å². The molecule has 0 aliphatic heterocycles. The van der Waals surface area contributed by atoms with Gasteiger partial charge < -0.3 is 10.1 Å². The zero-order valence-corrected chi connectivity index (χ0v) is 17.4. The van der Waals surface area contributed by atoms with Crippen LogP contribution in [0.15, 0.2) is 54.7 Å². The molecule has 158 valence electrons. The molecule has 1 amide bonds. The number of carbonyl (C=O) groups excluding carboxylic acids is 1. The normalized spacial score (nSPS) is 11.5. The second-order valence-corrected chi connectivity index (χ2v) is 7.92. The van der Waals surface area contributed by atoms with Gasteiger partial charge in [0.2, 0.25) is 11.8 Å². The Kier molecular flexibility index (Phi) is 5.55. The SMILES string of the molecule is CC(=O)Nc1nc2c(Oc3cc(-c4ccc(C(F)(F)F)cc4)c(Cl)cn3)cccc2s1. The van der Waals surface area contributed by atoms with E-state index in [-0.39, 0.29) is 16.8 Å². The van der Waals surface area contributed by atoms with Crippen LogP contribution in [0.2, 0.25) is 5.02 Å². The highest BCUT2D eigenvalue weighted by atomic mass is 35.5. The summed E-state index contributed by atoms with van der Waals surface area (Å²) in [5.41, 5.74) is 0.766. The number of halogens is 4. The highest BCUT2D eigenvalue weighted by molar-refractivity contribution is 7.22. The number of fused-ring (bicyclic) bond motifs is 1. The minimum Gasteiger partial charge on any atom is -0.437 e. The van der Waals surface area contributed by atoms with Crippen LogP contribution in [-0.4, -0.2) is 15.9 Å². The van der Waals surface area contributed by atoms with Crippen molar-refractivity contribution in [2.75, 3.05) is 5.32 Å². The number of anilines is 1. The van der Waals surface area contributed by atoms with E-state index in [2.05, 4.69) is 15.3 Å². The molecule has 0 unspecified atom stereocenters. The maximum atomic E-state index is 12.8. The number of nitrogens with one attached hydrogen (secondary N) is 1. The second kappa shape index (κ2) is 8.16. The molecule has 0 aliphatic rings. The number of thiazole rings is 1. The lowest BCUT2D eigenvalue weighted by atomic mass is 10.0. The lowest BCUT2D eigenvalue weighted by Crippen LogP contribution is -2.04. The van der Waals surface area contributed by atoms with E-state index in [1.165, 1.54) is 36.6 Å². The van der Waals surface area contributed by atoms with Crippen LogP contribution >= 0.6 is 22.9 Å². The standard InChI is InChI=1S/C21H13ClF3N3O2S/c1-11(29)27-20-28-19-16(3-2-4-17(19)31-20)30-18-9-14(15(22)10-26-18)12-5-7-13(8-6-12)21(23,24)25/h2-10H,1H3,(H,27,28,29). The summed E-state index contributed by atoms with van der Waals surface area (Å²) in [6, 6.07) is 11.5. The summed E-state index contributed by atoms with van der Waals surface area (Å²) in [4.78, 5) is 19.8. The third kappa shape index (κ3) is 4.62. The van der Waals surface area contributed by atoms with Crippen LogP contribution in [0, 0.1) is 0 Å². The van der Waals surface area contributed by atoms with Gasteiger partial charge in [-0.25, -0.2) is 9.97 Å². The summed E-state index contributed by atoms with van der Waals surface area (Å²) in [7, 11) is 0. The first-order valence-electron chi connectivity index (χ1n) is 8.89. The topological polar surface area (TPSA) is 64.1 Å². The lowest BCUT2D eigenvalue weighted by molar-refractivity contribution is -0.137. The van der Waals surface area contributed by atoms with Crippen molar-refractivity contribution in [2.24, 2.45) is 0 Å². The summed E-state index contributed by atoms with van der Waals surface area (Å²) in [5.74, 6) is 0.376. The smallest absolute Gasteiger partial charge is 0.416 e. The Hall–Kier alpha value is -3.17. The van der Waals surface area contributed by atoms with Crippen molar-refractivity contribution in [2.45, 2.75) is 13.1 Å². The lowest BCUT2D eigenvalue weighted by Gasteiger charge is -2.11. The molecule has 4 aromatic rings. The van der Waals surface area contributed by atoms with Crippen molar-refractivity contribution >= 4 is 44.2 Å². The molecular weight excluding hydrogens is 451 g/mol. The molecule has 2 aromatic heterocycles. The maximum Gasteiger partial charge on any atom is 0.416 e. The van der Waals surface area contributed by atoms with Gasteiger partial charge in [-0.2, -0.15) is 13.2 Å². The number of ether oxygens (including phenoxy) is 1. The molecule has 1 N–H and O–H groups in total. The van der Waals surface area contributed by atoms with Crippen LogP contribution in [0.3, 0.4) is 0 Å². The van der Waals surface area contributed by atoms with Crippen LogP contribution in [0.5, 0.6) is 11.6 Å². The highest BCUT2D eigenvalue weighted by Crippen LogP contribution is 2.37. The van der Waals surface area contributed by atoms with Gasteiger partial charge in [-0.15, -0.1) is 0 Å². The molecule has 4 rings (SSSR count). The fraction of sp³-hybridized carbons (Fsp3) is 0.0952. The number of para-hydroxylation sites is 1. The first-order chi connectivity index (χ1) is 14.7. The number of hydrogen-bond donors (Lipinski definition) is 1. The highest BCUT2D eigenvalue weighted by Gasteiger charge is 2.30. The number of hydrogen-bond acceptors (Lipinski definition) is 5. The number of amides is 1. The molecule has 5 nitrogen and oxygen atoms in total. The van der Waals surface area contributed by atoms with Crippen LogP contribution < -0.4 is 10.1 Å². The Labute approximate surface area is 183 Å². The fourth-order valence-electron chi connectivity index (χ4n) is 2.86. The van der Waals surface area contributed by atoms with Gasteiger partial charge in [-0.3, -0.25) is 4.79 Å². The van der Waals surface area contributed by atoms with Gasteiger partial charge in [-0.1, -0.05) is 41.1 Å². The predicted octanol–water partition coefficient (Wildman–Crippen LogP) is 6.78. The quantitative estimate of drug-likeness (QED) is 0.362. The number of pyridine rings is 1. The van der Waals surface area contributed by atoms with Crippen molar-refractivity contribution in [1.82, 2.24) is 9.97 Å². The Bertz CT molecular complexity index is 1270.